The third-order valence-electron chi connectivity index (χ3n) is 7.91. The van der Waals surface area contributed by atoms with E-state index in [0.29, 0.717) is 6.61 Å². The van der Waals surface area contributed by atoms with Crippen LogP contribution >= 0.6 is 8.53 Å². The highest BCUT2D eigenvalue weighted by atomic mass is 31.2. The Balaban J connectivity index is 1.31. The van der Waals surface area contributed by atoms with E-state index >= 15 is 0 Å². The maximum Gasteiger partial charge on any atom is 0.280 e. The molecule has 0 aliphatic carbocycles. The van der Waals surface area contributed by atoms with Crippen molar-refractivity contribution in [2.75, 3.05) is 38.8 Å². The number of rotatable bonds is 11. The quantitative estimate of drug-likeness (QED) is 0.214. The number of imidazole rings is 1. The third kappa shape index (κ3) is 5.98. The van der Waals surface area contributed by atoms with Gasteiger partial charge in [0, 0.05) is 25.6 Å². The number of ether oxygens (including phenoxy) is 3. The number of fused-ring (bicyclic) bond motifs is 2. The second kappa shape index (κ2) is 13.0. The van der Waals surface area contributed by atoms with Crippen LogP contribution in [0.25, 0.3) is 11.2 Å². The maximum atomic E-state index is 12.8. The molecule has 6 rings (SSSR count). The molecule has 1 unspecified atom stereocenters. The Morgan fingerprint density at radius 1 is 1.26 bits per heavy atom. The molecule has 2 aromatic heterocycles. The van der Waals surface area contributed by atoms with Crippen molar-refractivity contribution in [1.29, 1.82) is 0 Å². The third-order valence-corrected chi connectivity index (χ3v) is 9.66. The lowest BCUT2D eigenvalue weighted by Crippen LogP contribution is -2.38. The lowest BCUT2D eigenvalue weighted by atomic mass is 10.0. The van der Waals surface area contributed by atoms with Gasteiger partial charge < -0.3 is 28.4 Å². The molecule has 5 heterocycles. The summed E-state index contributed by atoms with van der Waals surface area (Å²) in [5.41, 5.74) is 0.846. The lowest BCUT2D eigenvalue weighted by Gasteiger charge is -2.28. The van der Waals surface area contributed by atoms with E-state index in [1.54, 1.807) is 25.5 Å². The molecule has 0 spiro atoms. The van der Waals surface area contributed by atoms with Gasteiger partial charge in [-0.25, -0.2) is 9.65 Å². The van der Waals surface area contributed by atoms with Gasteiger partial charge >= 0.3 is 0 Å². The van der Waals surface area contributed by atoms with Crippen molar-refractivity contribution in [3.8, 4) is 0 Å². The summed E-state index contributed by atoms with van der Waals surface area (Å²) in [5.74, 6) is -0.621. The molecule has 0 bridgehead atoms. The van der Waals surface area contributed by atoms with Crippen molar-refractivity contribution in [3.05, 3.63) is 52.6 Å². The molecule has 1 aromatic carbocycles. The average Bonchev–Trinajstić information content (AvgIpc) is 3.78. The van der Waals surface area contributed by atoms with Crippen LogP contribution in [0.4, 0.5) is 5.95 Å². The minimum Gasteiger partial charge on any atom is -0.394 e. The molecule has 0 saturated carbocycles. The fraction of sp³-hybridized carbons (Fsp3) is 0.571. The Hall–Kier alpha value is -2.81. The molecule has 3 aliphatic rings. The molecule has 3 aliphatic heterocycles. The number of carbonyl (C=O) groups is 1. The maximum absolute atomic E-state index is 12.8. The van der Waals surface area contributed by atoms with Crippen molar-refractivity contribution in [2.45, 2.75) is 63.4 Å². The molecule has 14 nitrogen and oxygen atoms in total. The van der Waals surface area contributed by atoms with Gasteiger partial charge in [0.1, 0.15) is 24.4 Å². The summed E-state index contributed by atoms with van der Waals surface area (Å²) >= 11 is 0. The predicted molar refractivity (Wildman–Crippen MR) is 156 cm³/mol. The van der Waals surface area contributed by atoms with E-state index in [4.69, 9.17) is 23.3 Å². The molecule has 15 heteroatoms. The van der Waals surface area contributed by atoms with Crippen LogP contribution in [0.1, 0.15) is 44.6 Å². The normalized spacial score (nSPS) is 29.1. The number of nitrogens with zero attached hydrogens (tertiary/aromatic N) is 4. The van der Waals surface area contributed by atoms with Gasteiger partial charge in [0.15, 0.2) is 17.4 Å². The number of aliphatic hydroxyl groups excluding tert-OH is 1. The van der Waals surface area contributed by atoms with Gasteiger partial charge in [0.2, 0.25) is 11.9 Å². The topological polar surface area (TPSA) is 162 Å². The zero-order valence-electron chi connectivity index (χ0n) is 24.3. The number of nitrogens with one attached hydrogen (secondary N) is 2. The summed E-state index contributed by atoms with van der Waals surface area (Å²) in [6.07, 6.45) is 0.284. The molecule has 3 N–H and O–H groups in total. The van der Waals surface area contributed by atoms with Crippen LogP contribution in [0.3, 0.4) is 0 Å². The number of aromatic nitrogens is 4. The van der Waals surface area contributed by atoms with E-state index < -0.39 is 38.6 Å². The number of aromatic amines is 1. The molecule has 1 amide bonds. The van der Waals surface area contributed by atoms with Crippen molar-refractivity contribution >= 4 is 31.5 Å². The highest BCUT2D eigenvalue weighted by molar-refractivity contribution is 7.45. The molecule has 232 valence electrons. The second-order valence-corrected chi connectivity index (χ2v) is 12.5. The first-order valence-electron chi connectivity index (χ1n) is 14.5. The molecule has 3 aromatic rings. The van der Waals surface area contributed by atoms with Crippen molar-refractivity contribution in [3.63, 3.8) is 0 Å². The van der Waals surface area contributed by atoms with Gasteiger partial charge in [-0.05, 0) is 18.4 Å². The van der Waals surface area contributed by atoms with E-state index in [-0.39, 0.29) is 54.3 Å². The zero-order chi connectivity index (χ0) is 30.1. The zero-order valence-corrected chi connectivity index (χ0v) is 25.2. The molecule has 3 saturated heterocycles. The summed E-state index contributed by atoms with van der Waals surface area (Å²) in [6.45, 7) is 4.54. The molecule has 0 radical (unpaired) electrons. The van der Waals surface area contributed by atoms with E-state index in [1.165, 1.54) is 6.33 Å². The van der Waals surface area contributed by atoms with E-state index in [2.05, 4.69) is 37.1 Å². The van der Waals surface area contributed by atoms with Crippen molar-refractivity contribution < 1.29 is 33.2 Å². The van der Waals surface area contributed by atoms with E-state index in [1.807, 2.05) is 18.2 Å². The number of amides is 1. The fourth-order valence-corrected chi connectivity index (χ4v) is 7.71. The minimum atomic E-state index is -1.49. The predicted octanol–water partition coefficient (Wildman–Crippen LogP) is 2.48. The Kier molecular flexibility index (Phi) is 9.17. The van der Waals surface area contributed by atoms with Crippen LogP contribution in [-0.2, 0) is 28.1 Å². The van der Waals surface area contributed by atoms with E-state index in [9.17, 15) is 14.7 Å². The SMILES string of the molecule is COCCO[C@H]1C(O[P@]2O[C@@H](c3ccccc3)[C@H]3CCCN32)[C@@H](CO)O[C@H]1n1cnc2c(=O)[nH]c(NC(=O)C(C)C)nc21. The standard InChI is InChI=1S/C28H37N6O8P/c1-16(2)25(36)31-28-30-24-20(26(37)32-28)29-15-33(24)27-23(39-13-12-38-3)22(19(14-35)40-27)42-43-34-11-7-10-18(34)21(41-43)17-8-5-4-6-9-17/h4-6,8-9,15-16,18-19,21-23,27,35H,7,10-14H2,1-3H3,(H2,30,31,32,36,37)/t18-,19-,21+,22?,23+,27-,43+/m1/s1. The lowest BCUT2D eigenvalue weighted by molar-refractivity contribution is -0.118. The van der Waals surface area contributed by atoms with Crippen molar-refractivity contribution in [1.82, 2.24) is 24.2 Å². The number of benzene rings is 1. The number of methoxy groups -OCH3 is 1. The molecular formula is C28H37N6O8P. The van der Waals surface area contributed by atoms with Crippen LogP contribution in [0.2, 0.25) is 0 Å². The Bertz CT molecular complexity index is 1470. The summed E-state index contributed by atoms with van der Waals surface area (Å²) in [7, 11) is 0.0925. The molecule has 7 atom stereocenters. The highest BCUT2D eigenvalue weighted by Gasteiger charge is 2.53. The highest BCUT2D eigenvalue weighted by Crippen LogP contribution is 2.61. The largest absolute Gasteiger partial charge is 0.394 e. The van der Waals surface area contributed by atoms with Gasteiger partial charge in [0.25, 0.3) is 14.1 Å². The second-order valence-electron chi connectivity index (χ2n) is 11.1. The summed E-state index contributed by atoms with van der Waals surface area (Å²) in [6, 6.07) is 10.3. The van der Waals surface area contributed by atoms with Crippen LogP contribution in [0.5, 0.6) is 0 Å². The van der Waals surface area contributed by atoms with Gasteiger partial charge in [-0.1, -0.05) is 44.2 Å². The number of anilines is 1. The van der Waals surface area contributed by atoms with Gasteiger partial charge in [0.05, 0.1) is 26.1 Å². The smallest absolute Gasteiger partial charge is 0.280 e. The molecule has 3 fully saturated rings. The summed E-state index contributed by atoms with van der Waals surface area (Å²) in [5, 5.41) is 13.0. The van der Waals surface area contributed by atoms with Crippen molar-refractivity contribution in [2.24, 2.45) is 5.92 Å². The molecule has 43 heavy (non-hydrogen) atoms. The van der Waals surface area contributed by atoms with Crippen LogP contribution in [0, 0.1) is 5.92 Å². The number of hydrogen-bond donors (Lipinski definition) is 3. The Morgan fingerprint density at radius 2 is 2.07 bits per heavy atom. The number of hydrogen-bond acceptors (Lipinski definition) is 11. The average molecular weight is 617 g/mol. The number of aliphatic hydroxyl groups is 1. The van der Waals surface area contributed by atoms with E-state index in [0.717, 1.165) is 24.9 Å². The fourth-order valence-electron chi connectivity index (χ4n) is 5.71. The first-order chi connectivity index (χ1) is 20.9. The van der Waals surface area contributed by atoms with Gasteiger partial charge in [-0.2, -0.15) is 4.98 Å². The minimum absolute atomic E-state index is 0.00542. The van der Waals surface area contributed by atoms with Gasteiger partial charge in [-0.15, -0.1) is 0 Å². The molecular weight excluding hydrogens is 579 g/mol. The number of carbonyl (C=O) groups excluding carboxylic acids is 1. The van der Waals surface area contributed by atoms with Crippen LogP contribution in [-0.4, -0.2) is 93.0 Å². The van der Waals surface area contributed by atoms with Crippen LogP contribution < -0.4 is 10.9 Å². The Labute approximate surface area is 249 Å². The Morgan fingerprint density at radius 3 is 2.81 bits per heavy atom. The summed E-state index contributed by atoms with van der Waals surface area (Å²) < 4.78 is 34.9. The summed E-state index contributed by atoms with van der Waals surface area (Å²) in [4.78, 5) is 36.5. The van der Waals surface area contributed by atoms with Gasteiger partial charge in [-0.3, -0.25) is 24.5 Å². The number of H-pyrrole nitrogens is 1. The first-order valence-corrected chi connectivity index (χ1v) is 15.6. The van der Waals surface area contributed by atoms with Crippen LogP contribution in [0.15, 0.2) is 41.5 Å². The first kappa shape index (κ1) is 30.2. The monoisotopic (exact) mass is 616 g/mol.